The molecule has 174 valence electrons. The molecule has 11 heteroatoms. The number of hydrogen-bond acceptors (Lipinski definition) is 6. The highest BCUT2D eigenvalue weighted by molar-refractivity contribution is 7.09. The molecule has 1 aliphatic carbocycles. The maximum absolute atomic E-state index is 12.2. The molecule has 0 unspecified atom stereocenters. The lowest BCUT2D eigenvalue weighted by Gasteiger charge is -2.38. The zero-order valence-electron chi connectivity index (χ0n) is 17.1. The van der Waals surface area contributed by atoms with Crippen molar-refractivity contribution in [1.82, 2.24) is 9.80 Å². The number of carbonyl (C=O) groups is 2. The van der Waals surface area contributed by atoms with Crippen LogP contribution in [0, 0.1) is 0 Å². The number of halogens is 3. The largest absolute Gasteiger partial charge is 0.490 e. The number of alkyl halides is 3. The zero-order chi connectivity index (χ0) is 22.4. The fraction of sp³-hybridized carbons (Fsp3) is 0.700. The summed E-state index contributed by atoms with van der Waals surface area (Å²) in [6.07, 6.45) is -0.568. The minimum atomic E-state index is -5.08. The van der Waals surface area contributed by atoms with Crippen molar-refractivity contribution in [2.45, 2.75) is 56.7 Å². The Morgan fingerprint density at radius 1 is 1.23 bits per heavy atom. The Labute approximate surface area is 182 Å². The van der Waals surface area contributed by atoms with Gasteiger partial charge in [-0.15, -0.1) is 11.3 Å². The fourth-order valence-electron chi connectivity index (χ4n) is 4.21. The maximum atomic E-state index is 12.2. The highest BCUT2D eigenvalue weighted by Gasteiger charge is 2.43. The maximum Gasteiger partial charge on any atom is 0.490 e. The molecule has 31 heavy (non-hydrogen) atoms. The standard InChI is InChI=1S/C18H26N2O3S.C2HF3O2/c21-17(19-7-1-2-8-19)13-23-16-6-5-15-18(16)22-10-9-20(15)12-14-4-3-11-24-14;3-2(4,5)1(6)7/h3-4,11,15-16,18H,1-2,5-10,12-13H2;(H,6,7)/t15-,16+,18+;/m0./s1. The predicted octanol–water partition coefficient (Wildman–Crippen LogP) is 2.75. The van der Waals surface area contributed by atoms with Gasteiger partial charge < -0.3 is 19.5 Å². The smallest absolute Gasteiger partial charge is 0.475 e. The molecule has 0 radical (unpaired) electrons. The third-order valence-corrected chi connectivity index (χ3v) is 6.57. The topological polar surface area (TPSA) is 79.3 Å². The van der Waals surface area contributed by atoms with E-state index < -0.39 is 12.1 Å². The van der Waals surface area contributed by atoms with E-state index in [1.807, 2.05) is 16.2 Å². The highest BCUT2D eigenvalue weighted by Crippen LogP contribution is 2.33. The number of aliphatic carboxylic acids is 1. The Balaban J connectivity index is 0.000000339. The zero-order valence-corrected chi connectivity index (χ0v) is 17.9. The van der Waals surface area contributed by atoms with Crippen molar-refractivity contribution in [2.75, 3.05) is 32.8 Å². The van der Waals surface area contributed by atoms with E-state index in [1.54, 1.807) is 0 Å². The number of likely N-dealkylation sites (tertiary alicyclic amines) is 1. The van der Waals surface area contributed by atoms with Crippen LogP contribution in [0.4, 0.5) is 13.2 Å². The van der Waals surface area contributed by atoms with E-state index in [-0.39, 0.29) is 24.7 Å². The molecule has 3 fully saturated rings. The number of carboxylic acids is 1. The fourth-order valence-corrected chi connectivity index (χ4v) is 4.93. The summed E-state index contributed by atoms with van der Waals surface area (Å²) in [6, 6.07) is 4.74. The van der Waals surface area contributed by atoms with Crippen LogP contribution in [0.1, 0.15) is 30.6 Å². The number of fused-ring (bicyclic) bond motifs is 1. The average molecular weight is 465 g/mol. The summed E-state index contributed by atoms with van der Waals surface area (Å²) in [4.78, 5) is 27.0. The Kier molecular flexibility index (Phi) is 8.31. The van der Waals surface area contributed by atoms with Crippen LogP contribution in [-0.2, 0) is 25.6 Å². The summed E-state index contributed by atoms with van der Waals surface area (Å²) in [5.74, 6) is -2.62. The number of carboxylic acid groups (broad SMARTS) is 1. The molecule has 1 aromatic heterocycles. The van der Waals surface area contributed by atoms with Crippen molar-refractivity contribution in [3.8, 4) is 0 Å². The second kappa shape index (κ2) is 10.8. The molecule has 0 spiro atoms. The van der Waals surface area contributed by atoms with Crippen molar-refractivity contribution in [1.29, 1.82) is 0 Å². The molecule has 3 atom stereocenters. The summed E-state index contributed by atoms with van der Waals surface area (Å²) in [6.45, 7) is 4.74. The molecule has 2 aliphatic heterocycles. The van der Waals surface area contributed by atoms with Crippen LogP contribution in [0.5, 0.6) is 0 Å². The van der Waals surface area contributed by atoms with E-state index in [0.29, 0.717) is 6.04 Å². The summed E-state index contributed by atoms with van der Waals surface area (Å²) in [5, 5.41) is 9.26. The highest BCUT2D eigenvalue weighted by atomic mass is 32.1. The van der Waals surface area contributed by atoms with Crippen LogP contribution in [-0.4, -0.2) is 84.1 Å². The average Bonchev–Trinajstić information content (AvgIpc) is 3.48. The molecule has 3 heterocycles. The summed E-state index contributed by atoms with van der Waals surface area (Å²) in [7, 11) is 0. The van der Waals surface area contributed by atoms with Gasteiger partial charge >= 0.3 is 12.1 Å². The molecular formula is C20H27F3N2O5S. The lowest BCUT2D eigenvalue weighted by atomic mass is 10.1. The van der Waals surface area contributed by atoms with Crippen LogP contribution in [0.3, 0.4) is 0 Å². The lowest BCUT2D eigenvalue weighted by molar-refractivity contribution is -0.192. The first kappa shape index (κ1) is 24.0. The molecular weight excluding hydrogens is 437 g/mol. The number of ether oxygens (including phenoxy) is 2. The number of nitrogens with zero attached hydrogens (tertiary/aromatic N) is 2. The number of carbonyl (C=O) groups excluding carboxylic acids is 1. The molecule has 0 aromatic carbocycles. The molecule has 1 aromatic rings. The van der Waals surface area contributed by atoms with Crippen molar-refractivity contribution in [2.24, 2.45) is 0 Å². The normalized spacial score (nSPS) is 26.3. The Morgan fingerprint density at radius 3 is 2.55 bits per heavy atom. The Hall–Kier alpha value is -1.69. The number of morpholine rings is 1. The van der Waals surface area contributed by atoms with Gasteiger partial charge in [0.15, 0.2) is 0 Å². The predicted molar refractivity (Wildman–Crippen MR) is 107 cm³/mol. The van der Waals surface area contributed by atoms with E-state index >= 15 is 0 Å². The summed E-state index contributed by atoms with van der Waals surface area (Å²) >= 11 is 1.82. The van der Waals surface area contributed by atoms with Crippen LogP contribution >= 0.6 is 11.3 Å². The van der Waals surface area contributed by atoms with Gasteiger partial charge in [-0.1, -0.05) is 6.07 Å². The van der Waals surface area contributed by atoms with E-state index in [2.05, 4.69) is 22.4 Å². The van der Waals surface area contributed by atoms with Crippen LogP contribution in [0.15, 0.2) is 17.5 Å². The second-order valence-corrected chi connectivity index (χ2v) is 8.80. The third kappa shape index (κ3) is 6.64. The number of hydrogen-bond donors (Lipinski definition) is 1. The molecule has 1 amide bonds. The molecule has 1 saturated carbocycles. The van der Waals surface area contributed by atoms with Gasteiger partial charge in [-0.05, 0) is 37.1 Å². The van der Waals surface area contributed by atoms with Gasteiger partial charge in [0.05, 0.1) is 18.8 Å². The number of thiophene rings is 1. The quantitative estimate of drug-likeness (QED) is 0.722. The first-order chi connectivity index (χ1) is 14.8. The van der Waals surface area contributed by atoms with Crippen molar-refractivity contribution in [3.63, 3.8) is 0 Å². The minimum Gasteiger partial charge on any atom is -0.475 e. The van der Waals surface area contributed by atoms with Crippen LogP contribution in [0.25, 0.3) is 0 Å². The lowest BCUT2D eigenvalue weighted by Crippen LogP contribution is -2.51. The molecule has 2 saturated heterocycles. The van der Waals surface area contributed by atoms with Gasteiger partial charge in [-0.25, -0.2) is 4.79 Å². The first-order valence-corrected chi connectivity index (χ1v) is 11.2. The Bertz CT molecular complexity index is 725. The second-order valence-electron chi connectivity index (χ2n) is 7.77. The SMILES string of the molecule is O=C(CO[C@@H]1CC[C@H]2[C@H]1OCCN2Cc1cccs1)N1CCCC1.O=C(O)C(F)(F)F. The monoisotopic (exact) mass is 464 g/mol. The third-order valence-electron chi connectivity index (χ3n) is 5.71. The minimum absolute atomic E-state index is 0.0627. The van der Waals surface area contributed by atoms with Gasteiger partial charge in [-0.3, -0.25) is 9.69 Å². The van der Waals surface area contributed by atoms with E-state index in [1.165, 1.54) is 4.88 Å². The van der Waals surface area contributed by atoms with Gasteiger partial charge in [-0.2, -0.15) is 13.2 Å². The molecule has 1 N–H and O–H groups in total. The summed E-state index contributed by atoms with van der Waals surface area (Å²) in [5.41, 5.74) is 0. The van der Waals surface area contributed by atoms with Gasteiger partial charge in [0.1, 0.15) is 6.61 Å². The van der Waals surface area contributed by atoms with E-state index in [9.17, 15) is 18.0 Å². The van der Waals surface area contributed by atoms with E-state index in [0.717, 1.165) is 58.5 Å². The summed E-state index contributed by atoms with van der Waals surface area (Å²) < 4.78 is 43.8. The Morgan fingerprint density at radius 2 is 1.94 bits per heavy atom. The van der Waals surface area contributed by atoms with Crippen molar-refractivity contribution >= 4 is 23.2 Å². The van der Waals surface area contributed by atoms with Gasteiger partial charge in [0.25, 0.3) is 0 Å². The van der Waals surface area contributed by atoms with Crippen LogP contribution < -0.4 is 0 Å². The number of rotatable bonds is 5. The molecule has 7 nitrogen and oxygen atoms in total. The molecule has 0 bridgehead atoms. The van der Waals surface area contributed by atoms with Crippen molar-refractivity contribution < 1.29 is 37.3 Å². The molecule has 4 rings (SSSR count). The van der Waals surface area contributed by atoms with Gasteiger partial charge in [0.2, 0.25) is 5.91 Å². The number of amides is 1. The van der Waals surface area contributed by atoms with E-state index in [4.69, 9.17) is 19.4 Å². The van der Waals surface area contributed by atoms with Crippen LogP contribution in [0.2, 0.25) is 0 Å². The van der Waals surface area contributed by atoms with Crippen molar-refractivity contribution in [3.05, 3.63) is 22.4 Å². The molecule has 3 aliphatic rings. The first-order valence-electron chi connectivity index (χ1n) is 10.3. The van der Waals surface area contributed by atoms with Gasteiger partial charge in [0, 0.05) is 37.1 Å².